The Labute approximate surface area is 118 Å². The molecule has 3 nitrogen and oxygen atoms in total. The molecule has 1 amide bonds. The van der Waals surface area contributed by atoms with Gasteiger partial charge in [0.25, 0.3) is 5.91 Å². The Morgan fingerprint density at radius 2 is 2.10 bits per heavy atom. The maximum Gasteiger partial charge on any atom is 0.251 e. The molecule has 106 valence electrons. The number of thiophene rings is 1. The number of rotatable bonds is 4. The Morgan fingerprint density at radius 3 is 2.70 bits per heavy atom. The van der Waals surface area contributed by atoms with Crippen molar-refractivity contribution in [3.05, 3.63) is 57.8 Å². The molecule has 6 heteroatoms. The van der Waals surface area contributed by atoms with Gasteiger partial charge in [0.05, 0.1) is 6.54 Å². The Balaban J connectivity index is 2.03. The van der Waals surface area contributed by atoms with Crippen LogP contribution < -0.4 is 5.32 Å². The summed E-state index contributed by atoms with van der Waals surface area (Å²) in [6.07, 6.45) is 0. The average molecular weight is 297 g/mol. The van der Waals surface area contributed by atoms with E-state index in [1.165, 1.54) is 17.4 Å². The summed E-state index contributed by atoms with van der Waals surface area (Å²) in [5.41, 5.74) is -1.20. The largest absolute Gasteiger partial charge is 0.383 e. The van der Waals surface area contributed by atoms with Gasteiger partial charge in [-0.2, -0.15) is 0 Å². The number of hydrogen-bond donors (Lipinski definition) is 2. The lowest BCUT2D eigenvalue weighted by atomic mass is 10.1. The lowest BCUT2D eigenvalue weighted by Gasteiger charge is -2.22. The summed E-state index contributed by atoms with van der Waals surface area (Å²) in [6.45, 7) is 1.55. The number of aliphatic hydroxyl groups is 1. The molecule has 1 atom stereocenters. The number of carbonyl (C=O) groups excluding carboxylic acids is 1. The topological polar surface area (TPSA) is 49.3 Å². The van der Waals surface area contributed by atoms with Crippen LogP contribution >= 0.6 is 11.3 Å². The highest BCUT2D eigenvalue weighted by Gasteiger charge is 2.25. The lowest BCUT2D eigenvalue weighted by molar-refractivity contribution is 0.0556. The predicted octanol–water partition coefficient (Wildman–Crippen LogP) is 2.66. The van der Waals surface area contributed by atoms with Gasteiger partial charge in [-0.3, -0.25) is 4.79 Å². The molecule has 1 aromatic carbocycles. The number of halogens is 2. The molecular weight excluding hydrogens is 284 g/mol. The first-order valence-electron chi connectivity index (χ1n) is 5.90. The van der Waals surface area contributed by atoms with Crippen LogP contribution in [0.15, 0.2) is 35.7 Å². The quantitative estimate of drug-likeness (QED) is 0.911. The molecule has 0 saturated carbocycles. The van der Waals surface area contributed by atoms with Gasteiger partial charge in [0.15, 0.2) is 11.6 Å². The lowest BCUT2D eigenvalue weighted by Crippen LogP contribution is -2.38. The van der Waals surface area contributed by atoms with E-state index < -0.39 is 23.1 Å². The molecule has 0 aliphatic carbocycles. The van der Waals surface area contributed by atoms with Crippen molar-refractivity contribution in [1.29, 1.82) is 0 Å². The van der Waals surface area contributed by atoms with Crippen LogP contribution in [-0.4, -0.2) is 17.6 Å². The summed E-state index contributed by atoms with van der Waals surface area (Å²) >= 11 is 1.37. The molecular formula is C14H13F2NO2S. The molecule has 0 aliphatic heterocycles. The third-order valence-electron chi connectivity index (χ3n) is 2.83. The zero-order valence-corrected chi connectivity index (χ0v) is 11.5. The minimum Gasteiger partial charge on any atom is -0.383 e. The van der Waals surface area contributed by atoms with E-state index in [4.69, 9.17) is 0 Å². The van der Waals surface area contributed by atoms with E-state index in [2.05, 4.69) is 5.32 Å². The fourth-order valence-corrected chi connectivity index (χ4v) is 2.45. The highest BCUT2D eigenvalue weighted by molar-refractivity contribution is 7.10. The summed E-state index contributed by atoms with van der Waals surface area (Å²) in [5, 5.41) is 14.6. The number of amides is 1. The van der Waals surface area contributed by atoms with E-state index in [9.17, 15) is 18.7 Å². The SMILES string of the molecule is CC(O)(CNC(=O)c1ccc(F)c(F)c1)c1cccs1. The van der Waals surface area contributed by atoms with Crippen molar-refractivity contribution in [3.63, 3.8) is 0 Å². The van der Waals surface area contributed by atoms with Crippen molar-refractivity contribution in [2.24, 2.45) is 0 Å². The van der Waals surface area contributed by atoms with Crippen LogP contribution in [0.3, 0.4) is 0 Å². The van der Waals surface area contributed by atoms with E-state index in [0.717, 1.165) is 12.1 Å². The molecule has 0 saturated heterocycles. The Kier molecular flexibility index (Phi) is 4.15. The van der Waals surface area contributed by atoms with Crippen molar-refractivity contribution in [2.75, 3.05) is 6.54 Å². The molecule has 1 aromatic heterocycles. The van der Waals surface area contributed by atoms with Crippen molar-refractivity contribution in [1.82, 2.24) is 5.32 Å². The minimum absolute atomic E-state index is 0.00544. The van der Waals surface area contributed by atoms with Gasteiger partial charge in [-0.05, 0) is 36.6 Å². The first-order chi connectivity index (χ1) is 9.40. The van der Waals surface area contributed by atoms with Crippen LogP contribution in [0, 0.1) is 11.6 Å². The van der Waals surface area contributed by atoms with Gasteiger partial charge in [-0.15, -0.1) is 11.3 Å². The second kappa shape index (κ2) is 5.68. The molecule has 1 unspecified atom stereocenters. The van der Waals surface area contributed by atoms with E-state index in [0.29, 0.717) is 4.88 Å². The molecule has 2 rings (SSSR count). The number of carbonyl (C=O) groups is 1. The van der Waals surface area contributed by atoms with E-state index in [1.807, 2.05) is 5.38 Å². The third kappa shape index (κ3) is 3.20. The molecule has 20 heavy (non-hydrogen) atoms. The Morgan fingerprint density at radius 1 is 1.35 bits per heavy atom. The molecule has 0 aliphatic rings. The Hall–Kier alpha value is -1.79. The zero-order valence-electron chi connectivity index (χ0n) is 10.7. The van der Waals surface area contributed by atoms with Gasteiger partial charge in [-0.1, -0.05) is 6.07 Å². The average Bonchev–Trinajstić information content (AvgIpc) is 2.94. The van der Waals surface area contributed by atoms with Crippen LogP contribution in [0.5, 0.6) is 0 Å². The van der Waals surface area contributed by atoms with Crippen molar-refractivity contribution in [2.45, 2.75) is 12.5 Å². The van der Waals surface area contributed by atoms with Crippen LogP contribution in [0.4, 0.5) is 8.78 Å². The molecule has 2 N–H and O–H groups in total. The molecule has 0 radical (unpaired) electrons. The fourth-order valence-electron chi connectivity index (χ4n) is 1.66. The third-order valence-corrected chi connectivity index (χ3v) is 3.95. The normalized spacial score (nSPS) is 13.8. The summed E-state index contributed by atoms with van der Waals surface area (Å²) in [4.78, 5) is 12.5. The maximum absolute atomic E-state index is 13.0. The summed E-state index contributed by atoms with van der Waals surface area (Å²) in [7, 11) is 0. The number of nitrogens with one attached hydrogen (secondary N) is 1. The molecule has 0 bridgehead atoms. The van der Waals surface area contributed by atoms with E-state index in [1.54, 1.807) is 19.1 Å². The van der Waals surface area contributed by atoms with Gasteiger partial charge < -0.3 is 10.4 Å². The second-order valence-corrected chi connectivity index (χ2v) is 5.51. The van der Waals surface area contributed by atoms with Gasteiger partial charge in [0.2, 0.25) is 0 Å². The Bertz CT molecular complexity index is 612. The molecule has 0 fully saturated rings. The summed E-state index contributed by atoms with van der Waals surface area (Å²) in [6, 6.07) is 6.46. The smallest absolute Gasteiger partial charge is 0.251 e. The van der Waals surface area contributed by atoms with Crippen LogP contribution in [-0.2, 0) is 5.60 Å². The van der Waals surface area contributed by atoms with E-state index >= 15 is 0 Å². The fraction of sp³-hybridized carbons (Fsp3) is 0.214. The van der Waals surface area contributed by atoms with Gasteiger partial charge in [0.1, 0.15) is 5.60 Å². The number of hydrogen-bond acceptors (Lipinski definition) is 3. The monoisotopic (exact) mass is 297 g/mol. The first kappa shape index (κ1) is 14.6. The minimum atomic E-state index is -1.21. The van der Waals surface area contributed by atoms with Gasteiger partial charge in [0, 0.05) is 10.4 Å². The van der Waals surface area contributed by atoms with Gasteiger partial charge in [-0.25, -0.2) is 8.78 Å². The molecule has 2 aromatic rings. The summed E-state index contributed by atoms with van der Waals surface area (Å²) in [5.74, 6) is -2.66. The number of benzene rings is 1. The van der Waals surface area contributed by atoms with Crippen molar-refractivity contribution >= 4 is 17.2 Å². The highest BCUT2D eigenvalue weighted by atomic mass is 32.1. The highest BCUT2D eigenvalue weighted by Crippen LogP contribution is 2.24. The van der Waals surface area contributed by atoms with Crippen molar-refractivity contribution < 1.29 is 18.7 Å². The van der Waals surface area contributed by atoms with Gasteiger partial charge >= 0.3 is 0 Å². The predicted molar refractivity (Wildman–Crippen MR) is 72.6 cm³/mol. The van der Waals surface area contributed by atoms with Crippen LogP contribution in [0.1, 0.15) is 22.2 Å². The second-order valence-electron chi connectivity index (χ2n) is 4.56. The van der Waals surface area contributed by atoms with Crippen LogP contribution in [0.2, 0.25) is 0 Å². The van der Waals surface area contributed by atoms with E-state index in [-0.39, 0.29) is 12.1 Å². The van der Waals surface area contributed by atoms with Crippen LogP contribution in [0.25, 0.3) is 0 Å². The first-order valence-corrected chi connectivity index (χ1v) is 6.78. The zero-order chi connectivity index (χ0) is 14.8. The molecule has 1 heterocycles. The summed E-state index contributed by atoms with van der Waals surface area (Å²) < 4.78 is 25.8. The standard InChI is InChI=1S/C14H13F2NO2S/c1-14(19,12-3-2-6-20-12)8-17-13(18)9-4-5-10(15)11(16)7-9/h2-7,19H,8H2,1H3,(H,17,18). The molecule has 0 spiro atoms. The van der Waals surface area contributed by atoms with Crippen molar-refractivity contribution in [3.8, 4) is 0 Å². The maximum atomic E-state index is 13.0.